The van der Waals surface area contributed by atoms with Gasteiger partial charge in [-0.1, -0.05) is 52.5 Å². The van der Waals surface area contributed by atoms with E-state index in [1.165, 1.54) is 12.1 Å². The van der Waals surface area contributed by atoms with Gasteiger partial charge in [0.1, 0.15) is 11.0 Å². The fourth-order valence-electron chi connectivity index (χ4n) is 2.96. The molecule has 0 bridgehead atoms. The molecule has 4 rings (SSSR count). The molecule has 0 aliphatic rings. The number of hydrogen-bond acceptors (Lipinski definition) is 2. The summed E-state index contributed by atoms with van der Waals surface area (Å²) in [6, 6.07) is 12.9. The van der Waals surface area contributed by atoms with Crippen molar-refractivity contribution in [3.63, 3.8) is 0 Å². The minimum Gasteiger partial charge on any atom is -0.254 e. The molecule has 0 saturated carbocycles. The van der Waals surface area contributed by atoms with Crippen LogP contribution >= 0.6 is 46.4 Å². The van der Waals surface area contributed by atoms with Crippen LogP contribution in [0.5, 0.6) is 0 Å². The molecule has 0 amide bonds. The maximum atomic E-state index is 13.5. The number of halogens is 5. The molecular weight excluding hydrogens is 429 g/mol. The third kappa shape index (κ3) is 3.37. The van der Waals surface area contributed by atoms with E-state index in [1.54, 1.807) is 42.6 Å². The van der Waals surface area contributed by atoms with E-state index >= 15 is 0 Å². The lowest BCUT2D eigenvalue weighted by molar-refractivity contribution is 0.628. The molecule has 2 aromatic heterocycles. The van der Waals surface area contributed by atoms with E-state index in [2.05, 4.69) is 9.97 Å². The average molecular weight is 438 g/mol. The highest BCUT2D eigenvalue weighted by Crippen LogP contribution is 2.40. The lowest BCUT2D eigenvalue weighted by atomic mass is 9.99. The summed E-state index contributed by atoms with van der Waals surface area (Å²) < 4.78 is 13.5. The molecule has 0 aliphatic heterocycles. The average Bonchev–Trinajstić information content (AvgIpc) is 2.61. The summed E-state index contributed by atoms with van der Waals surface area (Å²) in [6.07, 6.45) is 1.63. The molecule has 0 fully saturated rings. The second-order valence-corrected chi connectivity index (χ2v) is 7.38. The van der Waals surface area contributed by atoms with Gasteiger partial charge in [0, 0.05) is 22.7 Å². The number of aromatic nitrogens is 2. The van der Waals surface area contributed by atoms with Gasteiger partial charge in [-0.3, -0.25) is 4.98 Å². The first-order valence-electron chi connectivity index (χ1n) is 7.81. The van der Waals surface area contributed by atoms with E-state index in [9.17, 15) is 4.39 Å². The van der Waals surface area contributed by atoms with Crippen molar-refractivity contribution in [2.75, 3.05) is 0 Å². The molecule has 0 radical (unpaired) electrons. The first-order chi connectivity index (χ1) is 13.0. The van der Waals surface area contributed by atoms with Crippen LogP contribution in [-0.4, -0.2) is 9.97 Å². The molecule has 4 aromatic rings. The minimum absolute atomic E-state index is 0.246. The summed E-state index contributed by atoms with van der Waals surface area (Å²) in [5.41, 5.74) is 2.94. The highest BCUT2D eigenvalue weighted by molar-refractivity contribution is 6.39. The predicted molar refractivity (Wildman–Crippen MR) is 110 cm³/mol. The Kier molecular flexibility index (Phi) is 4.95. The van der Waals surface area contributed by atoms with Crippen molar-refractivity contribution >= 4 is 57.3 Å². The van der Waals surface area contributed by atoms with Gasteiger partial charge in [-0.2, -0.15) is 0 Å². The van der Waals surface area contributed by atoms with Gasteiger partial charge in [0.2, 0.25) is 0 Å². The lowest BCUT2D eigenvalue weighted by Crippen LogP contribution is -1.94. The number of fused-ring (bicyclic) bond motifs is 1. The molecule has 2 aromatic carbocycles. The zero-order chi connectivity index (χ0) is 19.1. The Morgan fingerprint density at radius 1 is 0.778 bits per heavy atom. The molecule has 0 atom stereocenters. The Labute approximate surface area is 174 Å². The Balaban J connectivity index is 2.08. The van der Waals surface area contributed by atoms with Crippen LogP contribution in [0.2, 0.25) is 20.2 Å². The van der Waals surface area contributed by atoms with Gasteiger partial charge in [0.25, 0.3) is 0 Å². The standard InChI is InChI=1S/C20H9Cl4FN2/c21-14-2-1-3-15(22)18(14)20-19-12(6-7-26-20)13(9-17(24)27-19)11-5-4-10(25)8-16(11)23/h1-9H. The highest BCUT2D eigenvalue weighted by Gasteiger charge is 2.18. The van der Waals surface area contributed by atoms with E-state index in [0.717, 1.165) is 5.39 Å². The van der Waals surface area contributed by atoms with Crippen molar-refractivity contribution in [1.82, 2.24) is 9.97 Å². The topological polar surface area (TPSA) is 25.8 Å². The number of benzene rings is 2. The molecule has 0 N–H and O–H groups in total. The molecule has 0 aliphatic carbocycles. The van der Waals surface area contributed by atoms with Crippen molar-refractivity contribution in [2.45, 2.75) is 0 Å². The molecule has 7 heteroatoms. The van der Waals surface area contributed by atoms with Gasteiger partial charge in [0.05, 0.1) is 26.3 Å². The smallest absolute Gasteiger partial charge is 0.130 e. The Bertz CT molecular complexity index is 1170. The largest absolute Gasteiger partial charge is 0.254 e. The van der Waals surface area contributed by atoms with Crippen LogP contribution in [-0.2, 0) is 0 Å². The van der Waals surface area contributed by atoms with E-state index in [0.29, 0.717) is 37.9 Å². The summed E-state index contributed by atoms with van der Waals surface area (Å²) in [4.78, 5) is 8.86. The van der Waals surface area contributed by atoms with Crippen LogP contribution in [0.1, 0.15) is 0 Å². The van der Waals surface area contributed by atoms with Crippen LogP contribution in [0.3, 0.4) is 0 Å². The van der Waals surface area contributed by atoms with Gasteiger partial charge in [-0.25, -0.2) is 9.37 Å². The SMILES string of the molecule is Fc1ccc(-c2cc(Cl)nc3c(-c4c(Cl)cccc4Cl)nccc23)c(Cl)c1. The van der Waals surface area contributed by atoms with Crippen LogP contribution in [0.4, 0.5) is 4.39 Å². The zero-order valence-corrected chi connectivity index (χ0v) is 16.5. The quantitative estimate of drug-likeness (QED) is 0.300. The van der Waals surface area contributed by atoms with Gasteiger partial charge in [-0.05, 0) is 48.0 Å². The Morgan fingerprint density at radius 2 is 1.52 bits per heavy atom. The van der Waals surface area contributed by atoms with Crippen molar-refractivity contribution in [2.24, 2.45) is 0 Å². The van der Waals surface area contributed by atoms with Crippen LogP contribution < -0.4 is 0 Å². The van der Waals surface area contributed by atoms with Gasteiger partial charge in [0.15, 0.2) is 0 Å². The first-order valence-corrected chi connectivity index (χ1v) is 9.32. The first kappa shape index (κ1) is 18.5. The lowest BCUT2D eigenvalue weighted by Gasteiger charge is -2.13. The maximum absolute atomic E-state index is 13.5. The monoisotopic (exact) mass is 436 g/mol. The fourth-order valence-corrected chi connectivity index (χ4v) is 4.00. The fraction of sp³-hybridized carbons (Fsp3) is 0. The van der Waals surface area contributed by atoms with E-state index in [-0.39, 0.29) is 10.2 Å². The normalized spacial score (nSPS) is 11.1. The summed E-state index contributed by atoms with van der Waals surface area (Å²) >= 11 is 25.2. The van der Waals surface area contributed by atoms with Crippen molar-refractivity contribution in [3.8, 4) is 22.4 Å². The second kappa shape index (κ2) is 7.25. The molecule has 0 saturated heterocycles. The molecule has 2 heterocycles. The number of pyridine rings is 2. The van der Waals surface area contributed by atoms with E-state index in [4.69, 9.17) is 46.4 Å². The van der Waals surface area contributed by atoms with E-state index < -0.39 is 5.82 Å². The zero-order valence-electron chi connectivity index (χ0n) is 13.5. The third-order valence-electron chi connectivity index (χ3n) is 4.12. The van der Waals surface area contributed by atoms with Crippen molar-refractivity contribution in [1.29, 1.82) is 0 Å². The second-order valence-electron chi connectivity index (χ2n) is 5.77. The molecule has 2 nitrogen and oxygen atoms in total. The van der Waals surface area contributed by atoms with Gasteiger partial charge >= 0.3 is 0 Å². The minimum atomic E-state index is -0.418. The molecule has 0 spiro atoms. The number of nitrogens with zero attached hydrogens (tertiary/aromatic N) is 2. The Hall–Kier alpha value is -1.91. The van der Waals surface area contributed by atoms with Gasteiger partial charge < -0.3 is 0 Å². The molecular formula is C20H9Cl4FN2. The van der Waals surface area contributed by atoms with Crippen LogP contribution in [0.15, 0.2) is 54.7 Å². The number of hydrogen-bond donors (Lipinski definition) is 0. The third-order valence-corrected chi connectivity index (χ3v) is 5.25. The van der Waals surface area contributed by atoms with Crippen LogP contribution in [0, 0.1) is 5.82 Å². The van der Waals surface area contributed by atoms with Crippen molar-refractivity contribution < 1.29 is 4.39 Å². The highest BCUT2D eigenvalue weighted by atomic mass is 35.5. The summed E-state index contributed by atoms with van der Waals surface area (Å²) in [5.74, 6) is -0.418. The summed E-state index contributed by atoms with van der Waals surface area (Å²) in [6.45, 7) is 0. The van der Waals surface area contributed by atoms with Gasteiger partial charge in [-0.15, -0.1) is 0 Å². The maximum Gasteiger partial charge on any atom is 0.130 e. The summed E-state index contributed by atoms with van der Waals surface area (Å²) in [5, 5.41) is 2.16. The van der Waals surface area contributed by atoms with Crippen LogP contribution in [0.25, 0.3) is 33.3 Å². The van der Waals surface area contributed by atoms with Crippen molar-refractivity contribution in [3.05, 3.63) is 80.8 Å². The molecule has 27 heavy (non-hydrogen) atoms. The predicted octanol–water partition coefficient (Wildman–Crippen LogP) is 7.72. The molecule has 0 unspecified atom stereocenters. The summed E-state index contributed by atoms with van der Waals surface area (Å²) in [7, 11) is 0. The van der Waals surface area contributed by atoms with E-state index in [1.807, 2.05) is 0 Å². The molecule has 134 valence electrons. The Morgan fingerprint density at radius 3 is 2.22 bits per heavy atom. The number of rotatable bonds is 2.